The van der Waals surface area contributed by atoms with Crippen molar-refractivity contribution >= 4 is 11.6 Å². The first-order valence-corrected chi connectivity index (χ1v) is 6.02. The van der Waals surface area contributed by atoms with Gasteiger partial charge in [-0.3, -0.25) is 0 Å². The average molecular weight is 236 g/mol. The van der Waals surface area contributed by atoms with E-state index in [0.29, 0.717) is 6.04 Å². The van der Waals surface area contributed by atoms with Crippen LogP contribution in [0.3, 0.4) is 0 Å². The number of hydrogen-bond donors (Lipinski definition) is 1. The maximum atomic E-state index is 6.14. The van der Waals surface area contributed by atoms with E-state index in [0.717, 1.165) is 24.4 Å². The molecule has 1 nitrogen and oxygen atoms in total. The van der Waals surface area contributed by atoms with E-state index in [1.165, 1.54) is 5.56 Å². The predicted molar refractivity (Wildman–Crippen MR) is 70.7 cm³/mol. The maximum absolute atomic E-state index is 6.14. The van der Waals surface area contributed by atoms with Gasteiger partial charge in [0.15, 0.2) is 0 Å². The fourth-order valence-electron chi connectivity index (χ4n) is 1.66. The van der Waals surface area contributed by atoms with Crippen molar-refractivity contribution in [3.63, 3.8) is 0 Å². The highest BCUT2D eigenvalue weighted by Crippen LogP contribution is 2.17. The fraction of sp³-hybridized carbons (Fsp3) is 0.429. The van der Waals surface area contributed by atoms with Gasteiger partial charge in [-0.15, -0.1) is 11.8 Å². The van der Waals surface area contributed by atoms with Gasteiger partial charge < -0.3 is 5.32 Å². The number of rotatable bonds is 5. The molecule has 0 aromatic heterocycles. The molecule has 0 saturated carbocycles. The molecule has 1 atom stereocenters. The topological polar surface area (TPSA) is 12.0 Å². The molecule has 86 valence electrons. The van der Waals surface area contributed by atoms with Crippen molar-refractivity contribution < 1.29 is 0 Å². The first-order valence-electron chi connectivity index (χ1n) is 5.64. The highest BCUT2D eigenvalue weighted by molar-refractivity contribution is 6.31. The molecule has 0 fully saturated rings. The second-order valence-electron chi connectivity index (χ2n) is 3.68. The summed E-state index contributed by atoms with van der Waals surface area (Å²) >= 11 is 6.14. The van der Waals surface area contributed by atoms with Gasteiger partial charge in [-0.2, -0.15) is 0 Å². The zero-order valence-electron chi connectivity index (χ0n) is 9.89. The minimum atomic E-state index is 0.386. The summed E-state index contributed by atoms with van der Waals surface area (Å²) in [5, 5.41) is 4.27. The molecule has 0 amide bonds. The smallest absolute Gasteiger partial charge is 0.0438 e. The van der Waals surface area contributed by atoms with Gasteiger partial charge in [0.05, 0.1) is 0 Å². The van der Waals surface area contributed by atoms with Crippen LogP contribution in [-0.4, -0.2) is 12.6 Å². The van der Waals surface area contributed by atoms with Crippen LogP contribution in [0.2, 0.25) is 5.02 Å². The first-order chi connectivity index (χ1) is 7.77. The van der Waals surface area contributed by atoms with E-state index in [-0.39, 0.29) is 0 Å². The monoisotopic (exact) mass is 235 g/mol. The molecular weight excluding hydrogens is 218 g/mol. The Hall–Kier alpha value is -0.970. The van der Waals surface area contributed by atoms with Gasteiger partial charge in [-0.25, -0.2) is 0 Å². The van der Waals surface area contributed by atoms with E-state index in [4.69, 9.17) is 11.6 Å². The molecule has 1 aromatic rings. The minimum absolute atomic E-state index is 0.386. The van der Waals surface area contributed by atoms with E-state index in [1.54, 1.807) is 0 Å². The van der Waals surface area contributed by atoms with Crippen molar-refractivity contribution in [3.8, 4) is 11.8 Å². The molecule has 0 saturated heterocycles. The highest BCUT2D eigenvalue weighted by atomic mass is 35.5. The second kappa shape index (κ2) is 7.33. The normalized spacial score (nSPS) is 11.7. The molecule has 1 N–H and O–H groups in total. The van der Waals surface area contributed by atoms with Gasteiger partial charge in [0.1, 0.15) is 0 Å². The maximum Gasteiger partial charge on any atom is 0.0438 e. The van der Waals surface area contributed by atoms with Crippen molar-refractivity contribution in [3.05, 3.63) is 34.9 Å². The number of benzene rings is 1. The lowest BCUT2D eigenvalue weighted by Crippen LogP contribution is -2.30. The molecule has 0 heterocycles. The lowest BCUT2D eigenvalue weighted by molar-refractivity contribution is 0.535. The summed E-state index contributed by atoms with van der Waals surface area (Å²) in [6.07, 6.45) is 1.80. The zero-order chi connectivity index (χ0) is 11.8. The molecule has 0 bridgehead atoms. The van der Waals surface area contributed by atoms with E-state index in [9.17, 15) is 0 Å². The Balaban J connectivity index is 2.66. The summed E-state index contributed by atoms with van der Waals surface area (Å²) in [4.78, 5) is 0. The van der Waals surface area contributed by atoms with E-state index in [1.807, 2.05) is 25.1 Å². The Morgan fingerprint density at radius 3 is 2.75 bits per heavy atom. The third-order valence-electron chi connectivity index (χ3n) is 2.44. The van der Waals surface area contributed by atoms with E-state index >= 15 is 0 Å². The van der Waals surface area contributed by atoms with Gasteiger partial charge >= 0.3 is 0 Å². The standard InChI is InChI=1S/C14H18ClN/c1-3-5-9-13(16-4-2)11-12-8-6-7-10-14(12)15/h6-8,10,13,16H,4,9,11H2,1-2H3. The van der Waals surface area contributed by atoms with Gasteiger partial charge in [0.25, 0.3) is 0 Å². The van der Waals surface area contributed by atoms with Gasteiger partial charge in [0.2, 0.25) is 0 Å². The van der Waals surface area contributed by atoms with Crippen LogP contribution in [0.15, 0.2) is 24.3 Å². The summed E-state index contributed by atoms with van der Waals surface area (Å²) in [5.74, 6) is 6.05. The Morgan fingerprint density at radius 1 is 1.38 bits per heavy atom. The minimum Gasteiger partial charge on any atom is -0.313 e. The molecule has 0 aliphatic heterocycles. The molecule has 0 aliphatic carbocycles. The Labute approximate surface area is 103 Å². The molecule has 2 heteroatoms. The first kappa shape index (κ1) is 13.1. The Kier molecular flexibility index (Phi) is 6.00. The Morgan fingerprint density at radius 2 is 2.12 bits per heavy atom. The van der Waals surface area contributed by atoms with Crippen LogP contribution in [0.4, 0.5) is 0 Å². The van der Waals surface area contributed by atoms with Gasteiger partial charge in [-0.1, -0.05) is 36.7 Å². The number of halogens is 1. The average Bonchev–Trinajstić information content (AvgIpc) is 2.29. The van der Waals surface area contributed by atoms with Crippen LogP contribution in [0.25, 0.3) is 0 Å². The second-order valence-corrected chi connectivity index (χ2v) is 4.09. The molecular formula is C14H18ClN. The summed E-state index contributed by atoms with van der Waals surface area (Å²) in [6.45, 7) is 4.94. The van der Waals surface area contributed by atoms with Crippen molar-refractivity contribution in [2.75, 3.05) is 6.54 Å². The molecule has 0 radical (unpaired) electrons. The summed E-state index contributed by atoms with van der Waals surface area (Å²) < 4.78 is 0. The third kappa shape index (κ3) is 4.26. The Bertz CT molecular complexity index is 376. The summed E-state index contributed by atoms with van der Waals surface area (Å²) in [6, 6.07) is 8.38. The van der Waals surface area contributed by atoms with Crippen molar-refractivity contribution in [1.82, 2.24) is 5.32 Å². The van der Waals surface area contributed by atoms with Crippen molar-refractivity contribution in [2.45, 2.75) is 32.7 Å². The number of likely N-dealkylation sites (N-methyl/N-ethyl adjacent to an activating group) is 1. The molecule has 1 unspecified atom stereocenters. The SMILES string of the molecule is CC#CCC(Cc1ccccc1Cl)NCC. The number of nitrogens with one attached hydrogen (secondary N) is 1. The largest absolute Gasteiger partial charge is 0.313 e. The van der Waals surface area contributed by atoms with E-state index in [2.05, 4.69) is 30.1 Å². The van der Waals surface area contributed by atoms with Crippen molar-refractivity contribution in [1.29, 1.82) is 0 Å². The summed E-state index contributed by atoms with van der Waals surface area (Å²) in [5.41, 5.74) is 1.19. The predicted octanol–water partition coefficient (Wildman–Crippen LogP) is 3.27. The lowest BCUT2D eigenvalue weighted by atomic mass is 10.0. The quantitative estimate of drug-likeness (QED) is 0.773. The molecule has 0 aliphatic rings. The number of hydrogen-bond acceptors (Lipinski definition) is 1. The fourth-order valence-corrected chi connectivity index (χ4v) is 1.87. The van der Waals surface area contributed by atoms with Gasteiger partial charge in [-0.05, 0) is 31.5 Å². The lowest BCUT2D eigenvalue weighted by Gasteiger charge is -2.15. The molecule has 0 spiro atoms. The highest BCUT2D eigenvalue weighted by Gasteiger charge is 2.08. The van der Waals surface area contributed by atoms with Crippen LogP contribution < -0.4 is 5.32 Å². The van der Waals surface area contributed by atoms with Crippen LogP contribution in [-0.2, 0) is 6.42 Å². The van der Waals surface area contributed by atoms with Gasteiger partial charge in [0, 0.05) is 17.5 Å². The van der Waals surface area contributed by atoms with Crippen LogP contribution in [0.1, 0.15) is 25.8 Å². The third-order valence-corrected chi connectivity index (χ3v) is 2.81. The van der Waals surface area contributed by atoms with Crippen LogP contribution in [0, 0.1) is 11.8 Å². The van der Waals surface area contributed by atoms with E-state index < -0.39 is 0 Å². The molecule has 1 rings (SSSR count). The van der Waals surface area contributed by atoms with Crippen LogP contribution in [0.5, 0.6) is 0 Å². The molecule has 1 aromatic carbocycles. The summed E-state index contributed by atoms with van der Waals surface area (Å²) in [7, 11) is 0. The van der Waals surface area contributed by atoms with Crippen LogP contribution >= 0.6 is 11.6 Å². The molecule has 16 heavy (non-hydrogen) atoms. The zero-order valence-corrected chi connectivity index (χ0v) is 10.6. The van der Waals surface area contributed by atoms with Crippen molar-refractivity contribution in [2.24, 2.45) is 0 Å².